The number of hydrogen-bond donors (Lipinski definition) is 1. The van der Waals surface area contributed by atoms with Gasteiger partial charge in [-0.25, -0.2) is 0 Å². The third kappa shape index (κ3) is 3.97. The van der Waals surface area contributed by atoms with Gasteiger partial charge in [0.1, 0.15) is 5.82 Å². The third-order valence-corrected chi connectivity index (χ3v) is 4.80. The number of nitrogens with zero attached hydrogens (tertiary/aromatic N) is 3. The van der Waals surface area contributed by atoms with Crippen LogP contribution in [-0.2, 0) is 22.5 Å². The quantitative estimate of drug-likeness (QED) is 0.742. The number of aliphatic carboxylic acids is 1. The lowest BCUT2D eigenvalue weighted by Crippen LogP contribution is -2.42. The fourth-order valence-electron chi connectivity index (χ4n) is 2.54. The van der Waals surface area contributed by atoms with E-state index in [2.05, 4.69) is 28.6 Å². The average Bonchev–Trinajstić information content (AvgIpc) is 2.73. The molecule has 1 fully saturated rings. The molecule has 21 heavy (non-hydrogen) atoms. The zero-order valence-electron chi connectivity index (χ0n) is 12.8. The number of rotatable bonds is 8. The van der Waals surface area contributed by atoms with Crippen molar-refractivity contribution in [2.24, 2.45) is 5.92 Å². The summed E-state index contributed by atoms with van der Waals surface area (Å²) in [6.07, 6.45) is 4.04. The fraction of sp³-hybridized carbons (Fsp3) is 0.786. The van der Waals surface area contributed by atoms with E-state index >= 15 is 0 Å². The second kappa shape index (κ2) is 6.79. The standard InChI is InChI=1S/C14H23N3O3S/c1-10(2)8-17-11(7-14(20-3)5-4-6-14)15-16-13(17)21-9-12(18)19/h10H,4-9H2,1-3H3,(H,18,19). The van der Waals surface area contributed by atoms with Crippen molar-refractivity contribution < 1.29 is 14.6 Å². The van der Waals surface area contributed by atoms with E-state index in [0.29, 0.717) is 11.1 Å². The van der Waals surface area contributed by atoms with Crippen molar-refractivity contribution in [1.29, 1.82) is 0 Å². The summed E-state index contributed by atoms with van der Waals surface area (Å²) >= 11 is 1.23. The maximum atomic E-state index is 10.7. The molecule has 0 bridgehead atoms. The maximum Gasteiger partial charge on any atom is 0.313 e. The van der Waals surface area contributed by atoms with Crippen LogP contribution in [0.1, 0.15) is 38.9 Å². The molecule has 1 aromatic rings. The first-order chi connectivity index (χ1) is 9.96. The van der Waals surface area contributed by atoms with Crippen molar-refractivity contribution in [1.82, 2.24) is 14.8 Å². The van der Waals surface area contributed by atoms with E-state index in [-0.39, 0.29) is 11.4 Å². The molecule has 7 heteroatoms. The molecule has 1 aliphatic rings. The molecule has 0 unspecified atom stereocenters. The molecule has 2 rings (SSSR count). The SMILES string of the molecule is COC1(Cc2nnc(SCC(=O)O)n2CC(C)C)CCC1. The van der Waals surface area contributed by atoms with Gasteiger partial charge in [0.2, 0.25) is 0 Å². The van der Waals surface area contributed by atoms with Gasteiger partial charge >= 0.3 is 5.97 Å². The number of carboxylic acid groups (broad SMARTS) is 1. The van der Waals surface area contributed by atoms with Crippen LogP contribution in [0.5, 0.6) is 0 Å². The predicted octanol–water partition coefficient (Wildman–Crippen LogP) is 2.22. The summed E-state index contributed by atoms with van der Waals surface area (Å²) in [5.41, 5.74) is -0.101. The molecule has 1 aromatic heterocycles. The van der Waals surface area contributed by atoms with Gasteiger partial charge in [0, 0.05) is 20.1 Å². The highest BCUT2D eigenvalue weighted by atomic mass is 32.2. The lowest BCUT2D eigenvalue weighted by Gasteiger charge is -2.40. The Morgan fingerprint density at radius 1 is 1.48 bits per heavy atom. The number of hydrogen-bond acceptors (Lipinski definition) is 5. The van der Waals surface area contributed by atoms with E-state index in [1.165, 1.54) is 18.2 Å². The van der Waals surface area contributed by atoms with Gasteiger partial charge in [-0.3, -0.25) is 4.79 Å². The minimum absolute atomic E-state index is 0.00560. The molecular formula is C14H23N3O3S. The number of thioether (sulfide) groups is 1. The molecule has 118 valence electrons. The summed E-state index contributed by atoms with van der Waals surface area (Å²) in [6, 6.07) is 0. The lowest BCUT2D eigenvalue weighted by atomic mass is 9.77. The number of carboxylic acids is 1. The number of carbonyl (C=O) groups is 1. The molecule has 6 nitrogen and oxygen atoms in total. The van der Waals surface area contributed by atoms with E-state index in [4.69, 9.17) is 9.84 Å². The monoisotopic (exact) mass is 313 g/mol. The van der Waals surface area contributed by atoms with Crippen molar-refractivity contribution in [3.63, 3.8) is 0 Å². The molecule has 0 spiro atoms. The molecule has 1 heterocycles. The molecule has 0 amide bonds. The Balaban J connectivity index is 2.17. The Bertz CT molecular complexity index is 492. The van der Waals surface area contributed by atoms with Gasteiger partial charge in [0.25, 0.3) is 0 Å². The van der Waals surface area contributed by atoms with Crippen molar-refractivity contribution >= 4 is 17.7 Å². The van der Waals surface area contributed by atoms with E-state index in [0.717, 1.165) is 31.6 Å². The first kappa shape index (κ1) is 16.3. The summed E-state index contributed by atoms with van der Waals surface area (Å²) < 4.78 is 7.72. The topological polar surface area (TPSA) is 77.2 Å². The second-order valence-electron chi connectivity index (χ2n) is 6.00. The summed E-state index contributed by atoms with van der Waals surface area (Å²) in [5, 5.41) is 18.0. The van der Waals surface area contributed by atoms with Crippen LogP contribution in [0.4, 0.5) is 0 Å². The van der Waals surface area contributed by atoms with Crippen LogP contribution >= 0.6 is 11.8 Å². The van der Waals surface area contributed by atoms with Gasteiger partial charge in [-0.2, -0.15) is 0 Å². The summed E-state index contributed by atoms with van der Waals surface area (Å²) in [5.74, 6) is 0.515. The van der Waals surface area contributed by atoms with Gasteiger partial charge in [-0.1, -0.05) is 25.6 Å². The normalized spacial score (nSPS) is 17.0. The fourth-order valence-corrected chi connectivity index (χ4v) is 3.23. The highest BCUT2D eigenvalue weighted by Gasteiger charge is 2.38. The zero-order chi connectivity index (χ0) is 15.5. The van der Waals surface area contributed by atoms with E-state index in [1.807, 2.05) is 0 Å². The first-order valence-corrected chi connectivity index (χ1v) is 8.26. The minimum Gasteiger partial charge on any atom is -0.481 e. The molecular weight excluding hydrogens is 290 g/mol. The van der Waals surface area contributed by atoms with Crippen molar-refractivity contribution in [3.8, 4) is 0 Å². The number of ether oxygens (including phenoxy) is 1. The van der Waals surface area contributed by atoms with Crippen molar-refractivity contribution in [2.45, 2.75) is 56.8 Å². The van der Waals surface area contributed by atoms with Gasteiger partial charge < -0.3 is 14.4 Å². The molecule has 0 radical (unpaired) electrons. The van der Waals surface area contributed by atoms with Crippen LogP contribution in [-0.4, -0.2) is 44.3 Å². The lowest BCUT2D eigenvalue weighted by molar-refractivity contribution is -0.133. The zero-order valence-corrected chi connectivity index (χ0v) is 13.7. The smallest absolute Gasteiger partial charge is 0.313 e. The maximum absolute atomic E-state index is 10.7. The van der Waals surface area contributed by atoms with E-state index < -0.39 is 5.97 Å². The van der Waals surface area contributed by atoms with E-state index in [9.17, 15) is 4.79 Å². The Labute approximate surface area is 129 Å². The summed E-state index contributed by atoms with van der Waals surface area (Å²) in [4.78, 5) is 10.7. The van der Waals surface area contributed by atoms with Crippen molar-refractivity contribution in [2.75, 3.05) is 12.9 Å². The molecule has 0 atom stereocenters. The minimum atomic E-state index is -0.840. The Hall–Kier alpha value is -1.08. The first-order valence-electron chi connectivity index (χ1n) is 7.27. The highest BCUT2D eigenvalue weighted by Crippen LogP contribution is 2.38. The van der Waals surface area contributed by atoms with Crippen LogP contribution in [0.25, 0.3) is 0 Å². The number of methoxy groups -OCH3 is 1. The number of aromatic nitrogens is 3. The van der Waals surface area contributed by atoms with Crippen LogP contribution in [0.2, 0.25) is 0 Å². The molecule has 0 aliphatic heterocycles. The predicted molar refractivity (Wildman–Crippen MR) is 80.5 cm³/mol. The van der Waals surface area contributed by atoms with Crippen LogP contribution in [0.15, 0.2) is 5.16 Å². The van der Waals surface area contributed by atoms with Gasteiger partial charge in [0.05, 0.1) is 11.4 Å². The van der Waals surface area contributed by atoms with Gasteiger partial charge in [0.15, 0.2) is 5.16 Å². The highest BCUT2D eigenvalue weighted by molar-refractivity contribution is 7.99. The van der Waals surface area contributed by atoms with Crippen molar-refractivity contribution in [3.05, 3.63) is 5.82 Å². The largest absolute Gasteiger partial charge is 0.481 e. The van der Waals surface area contributed by atoms with Crippen LogP contribution in [0, 0.1) is 5.92 Å². The molecule has 1 N–H and O–H groups in total. The third-order valence-electron chi connectivity index (χ3n) is 3.84. The summed E-state index contributed by atoms with van der Waals surface area (Å²) in [6.45, 7) is 5.06. The Morgan fingerprint density at radius 3 is 2.67 bits per heavy atom. The Morgan fingerprint density at radius 2 is 2.19 bits per heavy atom. The molecule has 1 aliphatic carbocycles. The van der Waals surface area contributed by atoms with E-state index in [1.54, 1.807) is 7.11 Å². The van der Waals surface area contributed by atoms with Crippen LogP contribution in [0.3, 0.4) is 0 Å². The average molecular weight is 313 g/mol. The molecule has 0 saturated heterocycles. The summed E-state index contributed by atoms with van der Waals surface area (Å²) in [7, 11) is 1.75. The molecule has 0 aromatic carbocycles. The van der Waals surface area contributed by atoms with Gasteiger partial charge in [-0.05, 0) is 25.2 Å². The van der Waals surface area contributed by atoms with Crippen LogP contribution < -0.4 is 0 Å². The molecule has 1 saturated carbocycles. The van der Waals surface area contributed by atoms with Gasteiger partial charge in [-0.15, -0.1) is 10.2 Å². The second-order valence-corrected chi connectivity index (χ2v) is 6.95. The Kier molecular flexibility index (Phi) is 5.27.